The minimum absolute atomic E-state index is 0.0369. The number of amides is 1. The number of ether oxygens (including phenoxy) is 1. The van der Waals surface area contributed by atoms with Crippen molar-refractivity contribution in [2.24, 2.45) is 5.92 Å². The molecule has 3 aromatic carbocycles. The molecule has 1 aliphatic rings. The molecule has 1 N–H and O–H groups in total. The van der Waals surface area contributed by atoms with Crippen LogP contribution in [-0.2, 0) is 9.59 Å². The number of hydrogen-bond acceptors (Lipinski definition) is 4. The van der Waals surface area contributed by atoms with E-state index in [1.165, 1.54) is 29.2 Å². The van der Waals surface area contributed by atoms with Crippen LogP contribution in [0.1, 0.15) is 31.9 Å². The molecule has 0 aromatic heterocycles. The third kappa shape index (κ3) is 4.65. The molecule has 0 radical (unpaired) electrons. The smallest absolute Gasteiger partial charge is 0.294 e. The Morgan fingerprint density at radius 1 is 1.00 bits per heavy atom. The number of hydrogen-bond donors (Lipinski definition) is 1. The highest BCUT2D eigenvalue weighted by Gasteiger charge is 2.44. The Hall–Kier alpha value is -3.93. The molecule has 0 saturated carbocycles. The van der Waals surface area contributed by atoms with Gasteiger partial charge in [0.1, 0.15) is 17.3 Å². The summed E-state index contributed by atoms with van der Waals surface area (Å²) in [6.45, 7) is 3.79. The molecule has 0 spiro atoms. The highest BCUT2D eigenvalue weighted by molar-refractivity contribution is 6.16. The van der Waals surface area contributed by atoms with Crippen LogP contribution in [0.4, 0.5) is 10.1 Å². The predicted octanol–water partition coefficient (Wildman–Crippen LogP) is 6.13. The molecule has 0 fully saturated rings. The molecule has 4 rings (SSSR count). The highest BCUT2D eigenvalue weighted by Crippen LogP contribution is 2.42. The minimum Gasteiger partial charge on any atom is -0.503 e. The SMILES string of the molecule is CC(C)CC(=O)C1=C(O)C(=O)N(c2ccc(F)cc2)C1c1cccc(Oc2ccccc2)c1. The van der Waals surface area contributed by atoms with Crippen LogP contribution in [0.2, 0.25) is 0 Å². The Morgan fingerprint density at radius 3 is 2.33 bits per heavy atom. The summed E-state index contributed by atoms with van der Waals surface area (Å²) in [5.41, 5.74) is 1.01. The van der Waals surface area contributed by atoms with E-state index in [1.807, 2.05) is 44.2 Å². The molecular formula is C27H24FNO4. The zero-order valence-electron chi connectivity index (χ0n) is 18.4. The number of rotatable bonds is 7. The van der Waals surface area contributed by atoms with Gasteiger partial charge in [-0.05, 0) is 60.0 Å². The first kappa shape index (κ1) is 22.3. The number of benzene rings is 3. The van der Waals surface area contributed by atoms with Crippen molar-refractivity contribution in [2.45, 2.75) is 26.3 Å². The average molecular weight is 445 g/mol. The number of nitrogens with zero attached hydrogens (tertiary/aromatic N) is 1. The van der Waals surface area contributed by atoms with Gasteiger partial charge in [-0.2, -0.15) is 0 Å². The lowest BCUT2D eigenvalue weighted by molar-refractivity contribution is -0.118. The van der Waals surface area contributed by atoms with Crippen molar-refractivity contribution >= 4 is 17.4 Å². The maximum absolute atomic E-state index is 13.5. The van der Waals surface area contributed by atoms with Crippen molar-refractivity contribution in [1.82, 2.24) is 0 Å². The maximum Gasteiger partial charge on any atom is 0.294 e. The molecule has 1 aliphatic heterocycles. The molecule has 0 bridgehead atoms. The number of aliphatic hydroxyl groups is 1. The first-order valence-corrected chi connectivity index (χ1v) is 10.7. The summed E-state index contributed by atoms with van der Waals surface area (Å²) in [6, 6.07) is 20.8. The fourth-order valence-corrected chi connectivity index (χ4v) is 3.93. The molecule has 0 saturated heterocycles. The average Bonchev–Trinajstić information content (AvgIpc) is 3.06. The zero-order chi connectivity index (χ0) is 23.5. The lowest BCUT2D eigenvalue weighted by Gasteiger charge is -2.27. The molecule has 5 nitrogen and oxygen atoms in total. The second-order valence-electron chi connectivity index (χ2n) is 8.33. The number of carbonyl (C=O) groups excluding carboxylic acids is 2. The summed E-state index contributed by atoms with van der Waals surface area (Å²) in [6.07, 6.45) is 0.181. The summed E-state index contributed by atoms with van der Waals surface area (Å²) in [5, 5.41) is 10.7. The Morgan fingerprint density at radius 2 is 1.67 bits per heavy atom. The molecule has 1 unspecified atom stereocenters. The van der Waals surface area contributed by atoms with Crippen molar-refractivity contribution in [2.75, 3.05) is 4.90 Å². The summed E-state index contributed by atoms with van der Waals surface area (Å²) < 4.78 is 19.5. The monoisotopic (exact) mass is 445 g/mol. The van der Waals surface area contributed by atoms with E-state index in [2.05, 4.69) is 0 Å². The number of para-hydroxylation sites is 1. The Bertz CT molecular complexity index is 1200. The standard InChI is InChI=1S/C27H24FNO4/c1-17(2)15-23(30)24-25(29(27(32)26(24)31)20-13-11-19(28)12-14-20)18-7-6-10-22(16-18)33-21-8-4-3-5-9-21/h3-14,16-17,25,31H,15H2,1-2H3. The van der Waals surface area contributed by atoms with Gasteiger partial charge in [-0.15, -0.1) is 0 Å². The molecule has 3 aromatic rings. The van der Waals surface area contributed by atoms with Gasteiger partial charge in [0.2, 0.25) is 0 Å². The molecule has 1 atom stereocenters. The maximum atomic E-state index is 13.5. The first-order valence-electron chi connectivity index (χ1n) is 10.7. The van der Waals surface area contributed by atoms with Crippen LogP contribution in [-0.4, -0.2) is 16.8 Å². The van der Waals surface area contributed by atoms with Crippen LogP contribution in [0.25, 0.3) is 0 Å². The van der Waals surface area contributed by atoms with E-state index in [0.717, 1.165) is 0 Å². The van der Waals surface area contributed by atoms with Gasteiger partial charge in [-0.3, -0.25) is 14.5 Å². The number of carbonyl (C=O) groups is 2. The Kier molecular flexibility index (Phi) is 6.27. The molecule has 33 heavy (non-hydrogen) atoms. The van der Waals surface area contributed by atoms with E-state index in [9.17, 15) is 19.1 Å². The topological polar surface area (TPSA) is 66.8 Å². The molecule has 6 heteroatoms. The molecule has 1 amide bonds. The van der Waals surface area contributed by atoms with Crippen molar-refractivity contribution in [3.8, 4) is 11.5 Å². The summed E-state index contributed by atoms with van der Waals surface area (Å²) in [5.74, 6) is -0.832. The van der Waals surface area contributed by atoms with Crippen LogP contribution in [0.15, 0.2) is 90.2 Å². The number of ketones is 1. The number of Topliss-reactive ketones (excluding diaryl/α,β-unsaturated/α-hetero) is 1. The Balaban J connectivity index is 1.79. The van der Waals surface area contributed by atoms with E-state index < -0.39 is 23.5 Å². The van der Waals surface area contributed by atoms with E-state index in [4.69, 9.17) is 4.74 Å². The molecule has 1 heterocycles. The van der Waals surface area contributed by atoms with Crippen LogP contribution < -0.4 is 9.64 Å². The van der Waals surface area contributed by atoms with Crippen LogP contribution in [0.5, 0.6) is 11.5 Å². The fraction of sp³-hybridized carbons (Fsp3) is 0.185. The van der Waals surface area contributed by atoms with E-state index >= 15 is 0 Å². The quantitative estimate of drug-likeness (QED) is 0.475. The van der Waals surface area contributed by atoms with E-state index in [1.54, 1.807) is 24.3 Å². The zero-order valence-corrected chi connectivity index (χ0v) is 18.4. The molecule has 168 valence electrons. The van der Waals surface area contributed by atoms with E-state index in [0.29, 0.717) is 22.7 Å². The van der Waals surface area contributed by atoms with Gasteiger partial charge in [0.25, 0.3) is 5.91 Å². The third-order valence-electron chi connectivity index (χ3n) is 5.36. The molecule has 0 aliphatic carbocycles. The van der Waals surface area contributed by atoms with Crippen LogP contribution in [0.3, 0.4) is 0 Å². The second-order valence-corrected chi connectivity index (χ2v) is 8.33. The van der Waals surface area contributed by atoms with Crippen LogP contribution in [0, 0.1) is 11.7 Å². The van der Waals surface area contributed by atoms with Crippen molar-refractivity contribution in [3.63, 3.8) is 0 Å². The van der Waals surface area contributed by atoms with Crippen LogP contribution >= 0.6 is 0 Å². The van der Waals surface area contributed by atoms with Crippen molar-refractivity contribution in [1.29, 1.82) is 0 Å². The van der Waals surface area contributed by atoms with Gasteiger partial charge in [0, 0.05) is 12.1 Å². The van der Waals surface area contributed by atoms with Gasteiger partial charge in [0.05, 0.1) is 11.6 Å². The number of anilines is 1. The first-order chi connectivity index (χ1) is 15.8. The van der Waals surface area contributed by atoms with Gasteiger partial charge in [-0.1, -0.05) is 44.2 Å². The second kappa shape index (κ2) is 9.28. The minimum atomic E-state index is -0.867. The van der Waals surface area contributed by atoms with Crippen molar-refractivity contribution < 1.29 is 23.8 Å². The third-order valence-corrected chi connectivity index (χ3v) is 5.36. The largest absolute Gasteiger partial charge is 0.503 e. The lowest BCUT2D eigenvalue weighted by atomic mass is 9.92. The normalized spacial score (nSPS) is 15.9. The predicted molar refractivity (Wildman–Crippen MR) is 124 cm³/mol. The fourth-order valence-electron chi connectivity index (χ4n) is 3.93. The Labute approximate surface area is 191 Å². The van der Waals surface area contributed by atoms with Gasteiger partial charge >= 0.3 is 0 Å². The van der Waals surface area contributed by atoms with Crippen molar-refractivity contribution in [3.05, 3.63) is 102 Å². The number of aliphatic hydroxyl groups excluding tert-OH is 1. The lowest BCUT2D eigenvalue weighted by Crippen LogP contribution is -2.31. The molecular weight excluding hydrogens is 421 g/mol. The van der Waals surface area contributed by atoms with Gasteiger partial charge in [0.15, 0.2) is 11.5 Å². The van der Waals surface area contributed by atoms with Gasteiger partial charge < -0.3 is 9.84 Å². The summed E-state index contributed by atoms with van der Waals surface area (Å²) >= 11 is 0. The highest BCUT2D eigenvalue weighted by atomic mass is 19.1. The summed E-state index contributed by atoms with van der Waals surface area (Å²) in [7, 11) is 0. The van der Waals surface area contributed by atoms with E-state index in [-0.39, 0.29) is 23.7 Å². The number of halogens is 1. The van der Waals surface area contributed by atoms with Gasteiger partial charge in [-0.25, -0.2) is 4.39 Å². The summed E-state index contributed by atoms with van der Waals surface area (Å²) in [4.78, 5) is 27.5.